The van der Waals surface area contributed by atoms with E-state index in [9.17, 15) is 0 Å². The van der Waals surface area contributed by atoms with Crippen LogP contribution < -0.4 is 5.32 Å². The lowest BCUT2D eigenvalue weighted by Crippen LogP contribution is -2.66. The Morgan fingerprint density at radius 2 is 2.04 bits per heavy atom. The van der Waals surface area contributed by atoms with Gasteiger partial charge < -0.3 is 10.2 Å². The molecule has 134 valence electrons. The van der Waals surface area contributed by atoms with Crippen LogP contribution in [0.3, 0.4) is 0 Å². The molecule has 0 spiro atoms. The molecule has 2 bridgehead atoms. The summed E-state index contributed by atoms with van der Waals surface area (Å²) in [5, 5.41) is 3.90. The highest BCUT2D eigenvalue weighted by molar-refractivity contribution is 5.54. The standard InChI is InChI=1S/C23H27N3/c1-23-12-14-26(3)21(15-18-9-10-19(24-2)16-20(18)23)22(23)25-13-11-17-7-5-4-6-8-17/h4-10,16,21-22,25H,11-15H2,1,3H3/t21-,22+,23?/m1/s1. The largest absolute Gasteiger partial charge is 0.311 e. The molecule has 0 aromatic heterocycles. The van der Waals surface area contributed by atoms with Gasteiger partial charge in [-0.1, -0.05) is 55.5 Å². The van der Waals surface area contributed by atoms with Gasteiger partial charge in [-0.15, -0.1) is 0 Å². The van der Waals surface area contributed by atoms with E-state index in [1.165, 1.54) is 16.7 Å². The lowest BCUT2D eigenvalue weighted by Gasteiger charge is -2.55. The van der Waals surface area contributed by atoms with Crippen LogP contribution in [0.4, 0.5) is 5.69 Å². The van der Waals surface area contributed by atoms with Gasteiger partial charge in [-0.3, -0.25) is 0 Å². The minimum absolute atomic E-state index is 0.0994. The molecule has 1 saturated heterocycles. The lowest BCUT2D eigenvalue weighted by molar-refractivity contribution is 0.0665. The van der Waals surface area contributed by atoms with Crippen molar-refractivity contribution < 1.29 is 0 Å². The number of nitrogens with one attached hydrogen (secondary N) is 1. The molecule has 2 aromatic rings. The maximum Gasteiger partial charge on any atom is 0.187 e. The molecule has 3 heteroatoms. The molecule has 1 aliphatic heterocycles. The summed E-state index contributed by atoms with van der Waals surface area (Å²) in [7, 11) is 2.26. The summed E-state index contributed by atoms with van der Waals surface area (Å²) in [6.45, 7) is 11.9. The second-order valence-corrected chi connectivity index (χ2v) is 8.04. The first kappa shape index (κ1) is 17.3. The molecule has 26 heavy (non-hydrogen) atoms. The Hall–Kier alpha value is -2.15. The number of nitrogens with zero attached hydrogens (tertiary/aromatic N) is 2. The fourth-order valence-electron chi connectivity index (χ4n) is 4.93. The smallest absolute Gasteiger partial charge is 0.187 e. The normalized spacial score (nSPS) is 27.6. The molecule has 1 unspecified atom stereocenters. The molecule has 0 saturated carbocycles. The van der Waals surface area contributed by atoms with Gasteiger partial charge in [0.05, 0.1) is 6.57 Å². The van der Waals surface area contributed by atoms with Gasteiger partial charge in [-0.2, -0.15) is 0 Å². The summed E-state index contributed by atoms with van der Waals surface area (Å²) in [5.41, 5.74) is 5.08. The van der Waals surface area contributed by atoms with Crippen LogP contribution in [0.5, 0.6) is 0 Å². The molecule has 4 rings (SSSR count). The van der Waals surface area contributed by atoms with Crippen molar-refractivity contribution in [3.05, 3.63) is 76.6 Å². The van der Waals surface area contributed by atoms with Gasteiger partial charge in [0.15, 0.2) is 5.69 Å². The molecule has 1 aliphatic carbocycles. The first-order valence-electron chi connectivity index (χ1n) is 9.60. The van der Waals surface area contributed by atoms with Crippen molar-refractivity contribution in [1.29, 1.82) is 0 Å². The minimum Gasteiger partial charge on any atom is -0.311 e. The highest BCUT2D eigenvalue weighted by Crippen LogP contribution is 2.45. The Kier molecular flexibility index (Phi) is 4.56. The first-order chi connectivity index (χ1) is 12.6. The van der Waals surface area contributed by atoms with Crippen molar-refractivity contribution in [3.8, 4) is 0 Å². The van der Waals surface area contributed by atoms with E-state index in [2.05, 4.69) is 71.5 Å². The maximum atomic E-state index is 7.39. The monoisotopic (exact) mass is 345 g/mol. The molecular weight excluding hydrogens is 318 g/mol. The quantitative estimate of drug-likeness (QED) is 0.846. The second-order valence-electron chi connectivity index (χ2n) is 8.04. The number of piperidine rings is 1. The zero-order valence-corrected chi connectivity index (χ0v) is 15.7. The third-order valence-electron chi connectivity index (χ3n) is 6.51. The molecule has 2 aromatic carbocycles. The number of benzene rings is 2. The van der Waals surface area contributed by atoms with Crippen LogP contribution in [-0.2, 0) is 18.3 Å². The van der Waals surface area contributed by atoms with Gasteiger partial charge in [0.1, 0.15) is 0 Å². The van der Waals surface area contributed by atoms with Crippen LogP contribution in [0.2, 0.25) is 0 Å². The molecule has 1 fully saturated rings. The Morgan fingerprint density at radius 1 is 1.23 bits per heavy atom. The van der Waals surface area contributed by atoms with E-state index in [0.29, 0.717) is 12.1 Å². The number of likely N-dealkylation sites (N-methyl/N-ethyl adjacent to an activating group) is 1. The Balaban J connectivity index is 1.60. The molecular formula is C23H27N3. The fourth-order valence-corrected chi connectivity index (χ4v) is 4.93. The molecule has 1 N–H and O–H groups in total. The van der Waals surface area contributed by atoms with Crippen molar-refractivity contribution >= 4 is 5.69 Å². The van der Waals surface area contributed by atoms with Crippen LogP contribution >= 0.6 is 0 Å². The summed E-state index contributed by atoms with van der Waals surface area (Å²) in [4.78, 5) is 6.20. The number of hydrogen-bond acceptors (Lipinski definition) is 2. The van der Waals surface area contributed by atoms with E-state index in [4.69, 9.17) is 6.57 Å². The van der Waals surface area contributed by atoms with Gasteiger partial charge >= 0.3 is 0 Å². The maximum absolute atomic E-state index is 7.39. The van der Waals surface area contributed by atoms with E-state index >= 15 is 0 Å². The second kappa shape index (κ2) is 6.87. The third kappa shape index (κ3) is 2.94. The average molecular weight is 345 g/mol. The summed E-state index contributed by atoms with van der Waals surface area (Å²) in [6.07, 6.45) is 3.26. The van der Waals surface area contributed by atoms with Crippen molar-refractivity contribution in [1.82, 2.24) is 10.2 Å². The minimum atomic E-state index is 0.0994. The highest BCUT2D eigenvalue weighted by atomic mass is 15.2. The predicted octanol–water partition coefficient (Wildman–Crippen LogP) is 3.96. The van der Waals surface area contributed by atoms with E-state index in [-0.39, 0.29) is 5.41 Å². The highest BCUT2D eigenvalue weighted by Gasteiger charge is 2.49. The van der Waals surface area contributed by atoms with Gasteiger partial charge in [-0.25, -0.2) is 4.85 Å². The van der Waals surface area contributed by atoms with Crippen LogP contribution in [0, 0.1) is 6.57 Å². The van der Waals surface area contributed by atoms with Crippen LogP contribution in [0.1, 0.15) is 30.0 Å². The van der Waals surface area contributed by atoms with E-state index in [1.54, 1.807) is 0 Å². The summed E-state index contributed by atoms with van der Waals surface area (Å²) >= 11 is 0. The van der Waals surface area contributed by atoms with Crippen molar-refractivity contribution in [2.24, 2.45) is 0 Å². The van der Waals surface area contributed by atoms with E-state index < -0.39 is 0 Å². The number of hydrogen-bond donors (Lipinski definition) is 1. The fraction of sp³-hybridized carbons (Fsp3) is 0.435. The zero-order chi connectivity index (χ0) is 18.1. The molecule has 0 radical (unpaired) electrons. The first-order valence-corrected chi connectivity index (χ1v) is 9.60. The number of fused-ring (bicyclic) bond motifs is 4. The lowest BCUT2D eigenvalue weighted by atomic mass is 9.61. The summed E-state index contributed by atoms with van der Waals surface area (Å²) < 4.78 is 0. The molecule has 2 aliphatic rings. The van der Waals surface area contributed by atoms with Crippen LogP contribution in [0.15, 0.2) is 48.5 Å². The Morgan fingerprint density at radius 3 is 2.81 bits per heavy atom. The van der Waals surface area contributed by atoms with Crippen molar-refractivity contribution in [3.63, 3.8) is 0 Å². The van der Waals surface area contributed by atoms with Gasteiger partial charge in [0.25, 0.3) is 0 Å². The Labute approximate surface area is 156 Å². The van der Waals surface area contributed by atoms with E-state index in [0.717, 1.165) is 38.0 Å². The van der Waals surface area contributed by atoms with Crippen LogP contribution in [-0.4, -0.2) is 37.1 Å². The molecule has 3 atom stereocenters. The zero-order valence-electron chi connectivity index (χ0n) is 15.7. The average Bonchev–Trinajstić information content (AvgIpc) is 2.67. The van der Waals surface area contributed by atoms with Gasteiger partial charge in [-0.05, 0) is 56.1 Å². The molecule has 3 nitrogen and oxygen atoms in total. The number of rotatable bonds is 4. The van der Waals surface area contributed by atoms with Gasteiger partial charge in [0, 0.05) is 17.5 Å². The topological polar surface area (TPSA) is 19.6 Å². The van der Waals surface area contributed by atoms with Crippen molar-refractivity contribution in [2.45, 2.75) is 43.7 Å². The third-order valence-corrected chi connectivity index (χ3v) is 6.51. The molecule has 1 heterocycles. The van der Waals surface area contributed by atoms with Crippen molar-refractivity contribution in [2.75, 3.05) is 20.1 Å². The van der Waals surface area contributed by atoms with Crippen LogP contribution in [0.25, 0.3) is 4.85 Å². The van der Waals surface area contributed by atoms with E-state index in [1.807, 2.05) is 6.07 Å². The predicted molar refractivity (Wildman–Crippen MR) is 107 cm³/mol. The number of likely N-dealkylation sites (tertiary alicyclic amines) is 1. The summed E-state index contributed by atoms with van der Waals surface area (Å²) in [6, 6.07) is 18.0. The summed E-state index contributed by atoms with van der Waals surface area (Å²) in [5.74, 6) is 0. The Bertz CT molecular complexity index is 823. The molecule has 0 amide bonds. The van der Waals surface area contributed by atoms with Gasteiger partial charge in [0.2, 0.25) is 0 Å². The SMILES string of the molecule is [C-]#[N+]c1ccc2c(c1)C1(C)CCN(C)[C@H](C2)[C@@H]1NCCc1ccccc1.